The number of benzene rings is 2. The van der Waals surface area contributed by atoms with Crippen molar-refractivity contribution in [3.05, 3.63) is 69.8 Å². The smallest absolute Gasteiger partial charge is 0.269 e. The Morgan fingerprint density at radius 1 is 1.14 bits per heavy atom. The molecule has 0 amide bonds. The van der Waals surface area contributed by atoms with Crippen LogP contribution in [0.3, 0.4) is 0 Å². The van der Waals surface area contributed by atoms with Crippen LogP contribution in [-0.2, 0) is 13.0 Å². The van der Waals surface area contributed by atoms with Crippen LogP contribution in [0.4, 0.5) is 11.4 Å². The molecule has 112 valence electrons. The van der Waals surface area contributed by atoms with Crippen LogP contribution in [0.5, 0.6) is 0 Å². The summed E-state index contributed by atoms with van der Waals surface area (Å²) in [6, 6.07) is 14.4. The third-order valence-corrected chi connectivity index (χ3v) is 3.76. The number of guanidine groups is 1. The van der Waals surface area contributed by atoms with Crippen LogP contribution >= 0.6 is 0 Å². The molecular formula is C16H16N4O2. The van der Waals surface area contributed by atoms with E-state index in [1.807, 2.05) is 17.0 Å². The molecule has 1 aliphatic rings. The number of nitro groups is 1. The predicted octanol–water partition coefficient (Wildman–Crippen LogP) is 2.60. The maximum Gasteiger partial charge on any atom is 0.269 e. The molecule has 2 aromatic carbocycles. The third kappa shape index (κ3) is 2.90. The minimum Gasteiger partial charge on any atom is -0.369 e. The number of nitrogens with two attached hydrogens (primary N) is 1. The van der Waals surface area contributed by atoms with E-state index in [0.29, 0.717) is 11.6 Å². The summed E-state index contributed by atoms with van der Waals surface area (Å²) in [7, 11) is 0. The molecule has 6 nitrogen and oxygen atoms in total. The van der Waals surface area contributed by atoms with E-state index in [4.69, 9.17) is 5.73 Å². The van der Waals surface area contributed by atoms with Crippen LogP contribution in [0.15, 0.2) is 53.5 Å². The highest BCUT2D eigenvalue weighted by atomic mass is 16.6. The topological polar surface area (TPSA) is 84.8 Å². The molecule has 22 heavy (non-hydrogen) atoms. The second kappa shape index (κ2) is 5.85. The first-order chi connectivity index (χ1) is 10.6. The van der Waals surface area contributed by atoms with Gasteiger partial charge < -0.3 is 10.6 Å². The lowest BCUT2D eigenvalue weighted by molar-refractivity contribution is -0.384. The van der Waals surface area contributed by atoms with Gasteiger partial charge in [0.15, 0.2) is 5.96 Å². The van der Waals surface area contributed by atoms with Gasteiger partial charge in [0.25, 0.3) is 5.69 Å². The van der Waals surface area contributed by atoms with Crippen molar-refractivity contribution in [3.8, 4) is 0 Å². The number of aliphatic imine (C=N–C) groups is 1. The monoisotopic (exact) mass is 296 g/mol. The molecule has 0 saturated carbocycles. The molecule has 0 unspecified atom stereocenters. The molecular weight excluding hydrogens is 280 g/mol. The lowest BCUT2D eigenvalue weighted by Crippen LogP contribution is -2.40. The summed E-state index contributed by atoms with van der Waals surface area (Å²) in [5, 5.41) is 10.6. The van der Waals surface area contributed by atoms with Gasteiger partial charge in [-0.3, -0.25) is 10.1 Å². The van der Waals surface area contributed by atoms with Crippen molar-refractivity contribution in [2.45, 2.75) is 13.0 Å². The standard InChI is InChI=1S/C16H16N4O2/c17-16(18-14-5-7-15(8-6-14)20(21)22)19-10-9-12-3-1-2-4-13(12)11-19/h1-8H,9-11H2,(H2,17,18). The average Bonchev–Trinajstić information content (AvgIpc) is 2.55. The largest absolute Gasteiger partial charge is 0.369 e. The molecule has 6 heteroatoms. The molecule has 0 atom stereocenters. The van der Waals surface area contributed by atoms with Crippen molar-refractivity contribution in [1.82, 2.24) is 4.90 Å². The zero-order valence-corrected chi connectivity index (χ0v) is 12.0. The highest BCUT2D eigenvalue weighted by molar-refractivity contribution is 5.81. The van der Waals surface area contributed by atoms with E-state index in [9.17, 15) is 10.1 Å². The molecule has 0 aliphatic carbocycles. The van der Waals surface area contributed by atoms with Gasteiger partial charge in [0.1, 0.15) is 0 Å². The fourth-order valence-electron chi connectivity index (χ4n) is 2.54. The van der Waals surface area contributed by atoms with Gasteiger partial charge in [-0.25, -0.2) is 4.99 Å². The second-order valence-corrected chi connectivity index (χ2v) is 5.18. The first-order valence-electron chi connectivity index (χ1n) is 7.04. The summed E-state index contributed by atoms with van der Waals surface area (Å²) in [5.74, 6) is 0.434. The van der Waals surface area contributed by atoms with Crippen molar-refractivity contribution >= 4 is 17.3 Å². The van der Waals surface area contributed by atoms with Crippen LogP contribution in [0.1, 0.15) is 11.1 Å². The molecule has 2 aromatic rings. The minimum absolute atomic E-state index is 0.0458. The number of rotatable bonds is 2. The van der Waals surface area contributed by atoms with Crippen molar-refractivity contribution in [2.24, 2.45) is 10.7 Å². The Balaban J connectivity index is 1.76. The van der Waals surface area contributed by atoms with Crippen molar-refractivity contribution in [3.63, 3.8) is 0 Å². The van der Waals surface area contributed by atoms with Crippen LogP contribution in [0, 0.1) is 10.1 Å². The first-order valence-corrected chi connectivity index (χ1v) is 7.04. The highest BCUT2D eigenvalue weighted by Gasteiger charge is 2.17. The first kappa shape index (κ1) is 14.1. The van der Waals surface area contributed by atoms with E-state index in [1.165, 1.54) is 23.3 Å². The Morgan fingerprint density at radius 3 is 2.50 bits per heavy atom. The van der Waals surface area contributed by atoms with Gasteiger partial charge in [0.2, 0.25) is 0 Å². The number of fused-ring (bicyclic) bond motifs is 1. The fourth-order valence-corrected chi connectivity index (χ4v) is 2.54. The molecule has 0 bridgehead atoms. The van der Waals surface area contributed by atoms with E-state index in [2.05, 4.69) is 17.1 Å². The Kier molecular flexibility index (Phi) is 3.74. The molecule has 1 aliphatic heterocycles. The summed E-state index contributed by atoms with van der Waals surface area (Å²) < 4.78 is 0. The van der Waals surface area contributed by atoms with Gasteiger partial charge in [-0.15, -0.1) is 0 Å². The zero-order valence-electron chi connectivity index (χ0n) is 12.0. The summed E-state index contributed by atoms with van der Waals surface area (Å²) in [6.45, 7) is 1.55. The summed E-state index contributed by atoms with van der Waals surface area (Å²) >= 11 is 0. The quantitative estimate of drug-likeness (QED) is 0.399. The molecule has 1 heterocycles. The van der Waals surface area contributed by atoms with Gasteiger partial charge in [0.05, 0.1) is 10.6 Å². The van der Waals surface area contributed by atoms with E-state index in [0.717, 1.165) is 19.5 Å². The summed E-state index contributed by atoms with van der Waals surface area (Å²) in [4.78, 5) is 16.6. The van der Waals surface area contributed by atoms with Gasteiger partial charge in [-0.2, -0.15) is 0 Å². The number of nitrogens with zero attached hydrogens (tertiary/aromatic N) is 3. The van der Waals surface area contributed by atoms with E-state index < -0.39 is 4.92 Å². The maximum absolute atomic E-state index is 10.6. The van der Waals surface area contributed by atoms with E-state index >= 15 is 0 Å². The summed E-state index contributed by atoms with van der Waals surface area (Å²) in [5.41, 5.74) is 9.34. The Labute approximate surface area is 128 Å². The van der Waals surface area contributed by atoms with Crippen LogP contribution in [0.2, 0.25) is 0 Å². The maximum atomic E-state index is 10.6. The molecule has 0 saturated heterocycles. The van der Waals surface area contributed by atoms with Crippen molar-refractivity contribution < 1.29 is 4.92 Å². The second-order valence-electron chi connectivity index (χ2n) is 5.18. The molecule has 0 fully saturated rings. The predicted molar refractivity (Wildman–Crippen MR) is 84.9 cm³/mol. The van der Waals surface area contributed by atoms with Gasteiger partial charge in [0, 0.05) is 25.2 Å². The molecule has 0 spiro atoms. The summed E-state index contributed by atoms with van der Waals surface area (Å²) in [6.07, 6.45) is 0.937. The zero-order chi connectivity index (χ0) is 15.5. The molecule has 0 aromatic heterocycles. The SMILES string of the molecule is NC(=Nc1ccc([N+](=O)[O-])cc1)N1CCc2ccccc2C1. The van der Waals surface area contributed by atoms with Crippen LogP contribution in [-0.4, -0.2) is 22.3 Å². The number of hydrogen-bond acceptors (Lipinski definition) is 3. The van der Waals surface area contributed by atoms with Gasteiger partial charge >= 0.3 is 0 Å². The third-order valence-electron chi connectivity index (χ3n) is 3.76. The van der Waals surface area contributed by atoms with Crippen molar-refractivity contribution in [2.75, 3.05) is 6.54 Å². The van der Waals surface area contributed by atoms with E-state index in [1.54, 1.807) is 12.1 Å². The Hall–Kier alpha value is -2.89. The van der Waals surface area contributed by atoms with Gasteiger partial charge in [-0.05, 0) is 29.7 Å². The van der Waals surface area contributed by atoms with E-state index in [-0.39, 0.29) is 5.69 Å². The average molecular weight is 296 g/mol. The molecule has 2 N–H and O–H groups in total. The normalized spacial score (nSPS) is 14.5. The molecule has 3 rings (SSSR count). The lowest BCUT2D eigenvalue weighted by atomic mass is 10.0. The lowest BCUT2D eigenvalue weighted by Gasteiger charge is -2.29. The fraction of sp³-hybridized carbons (Fsp3) is 0.188. The number of nitro benzene ring substituents is 1. The molecule has 0 radical (unpaired) electrons. The van der Waals surface area contributed by atoms with Crippen molar-refractivity contribution in [1.29, 1.82) is 0 Å². The minimum atomic E-state index is -0.432. The Morgan fingerprint density at radius 2 is 1.82 bits per heavy atom. The van der Waals surface area contributed by atoms with Gasteiger partial charge in [-0.1, -0.05) is 24.3 Å². The number of non-ortho nitro benzene ring substituents is 1. The van der Waals surface area contributed by atoms with Crippen LogP contribution < -0.4 is 5.73 Å². The number of hydrogen-bond donors (Lipinski definition) is 1. The Bertz CT molecular complexity index is 725. The highest BCUT2D eigenvalue weighted by Crippen LogP contribution is 2.21. The van der Waals surface area contributed by atoms with Crippen LogP contribution in [0.25, 0.3) is 0 Å².